The van der Waals surface area contributed by atoms with E-state index in [4.69, 9.17) is 0 Å². The van der Waals surface area contributed by atoms with Crippen LogP contribution in [0.25, 0.3) is 11.2 Å². The van der Waals surface area contributed by atoms with Gasteiger partial charge in [0.2, 0.25) is 5.91 Å². The predicted octanol–water partition coefficient (Wildman–Crippen LogP) is 5.95. The minimum Gasteiger partial charge on any atom is -0.406 e. The molecule has 0 fully saturated rings. The smallest absolute Gasteiger partial charge is 0.406 e. The summed E-state index contributed by atoms with van der Waals surface area (Å²) in [6.07, 6.45) is -2.49. The van der Waals surface area contributed by atoms with E-state index in [2.05, 4.69) is 36.0 Å². The molecule has 2 heterocycles. The first-order chi connectivity index (χ1) is 16.7. The van der Waals surface area contributed by atoms with Gasteiger partial charge in [-0.15, -0.1) is 13.2 Å². The minimum absolute atomic E-state index is 0.111. The zero-order valence-electron chi connectivity index (χ0n) is 18.7. The van der Waals surface area contributed by atoms with Crippen molar-refractivity contribution in [2.24, 2.45) is 0 Å². The maximum atomic E-state index is 12.6. The summed E-state index contributed by atoms with van der Waals surface area (Å²) in [5, 5.41) is 3.00. The number of halogens is 4. The number of imidazole rings is 1. The summed E-state index contributed by atoms with van der Waals surface area (Å²) >= 11 is 3.40. The number of hydrogen-bond donors (Lipinski definition) is 1. The molecule has 0 saturated heterocycles. The Kier molecular flexibility index (Phi) is 7.39. The van der Waals surface area contributed by atoms with E-state index in [0.29, 0.717) is 30.0 Å². The molecule has 10 heteroatoms. The lowest BCUT2D eigenvalue weighted by atomic mass is 10.1. The average molecular weight is 547 g/mol. The molecule has 0 spiro atoms. The molecular formula is C25H22BrF3N4O2. The first-order valence-electron chi connectivity index (χ1n) is 10.9. The molecule has 4 rings (SSSR count). The van der Waals surface area contributed by atoms with Crippen LogP contribution < -0.4 is 10.1 Å². The van der Waals surface area contributed by atoms with Crippen molar-refractivity contribution in [3.63, 3.8) is 0 Å². The maximum Gasteiger partial charge on any atom is 0.573 e. The molecule has 6 nitrogen and oxygen atoms in total. The van der Waals surface area contributed by atoms with E-state index < -0.39 is 6.36 Å². The number of hydrogen-bond acceptors (Lipinski definition) is 4. The van der Waals surface area contributed by atoms with Gasteiger partial charge in [0.25, 0.3) is 0 Å². The van der Waals surface area contributed by atoms with E-state index in [1.807, 2.05) is 41.8 Å². The SMILES string of the molecule is C[C@H](NC(=O)CCc1nc2cccnc2n1Cc1ccc(OC(F)(F)F)cc1)c1ccc(Br)cc1. The Morgan fingerprint density at radius 1 is 1.11 bits per heavy atom. The molecule has 1 atom stereocenters. The maximum absolute atomic E-state index is 12.6. The minimum atomic E-state index is -4.74. The topological polar surface area (TPSA) is 69.0 Å². The van der Waals surface area contributed by atoms with Crippen molar-refractivity contribution in [2.75, 3.05) is 0 Å². The van der Waals surface area contributed by atoms with Crippen molar-refractivity contribution in [1.82, 2.24) is 19.9 Å². The molecule has 2 aromatic carbocycles. The molecule has 0 bridgehead atoms. The van der Waals surface area contributed by atoms with Gasteiger partial charge in [0, 0.05) is 23.5 Å². The highest BCUT2D eigenvalue weighted by atomic mass is 79.9. The normalized spacial score (nSPS) is 12.5. The van der Waals surface area contributed by atoms with Gasteiger partial charge in [0.15, 0.2) is 5.65 Å². The molecule has 0 saturated carbocycles. The van der Waals surface area contributed by atoms with Gasteiger partial charge in [0.1, 0.15) is 17.1 Å². The highest BCUT2D eigenvalue weighted by Crippen LogP contribution is 2.24. The molecule has 2 aromatic heterocycles. The lowest BCUT2D eigenvalue weighted by Crippen LogP contribution is -2.27. The number of alkyl halides is 3. The van der Waals surface area contributed by atoms with E-state index in [1.165, 1.54) is 12.1 Å². The number of aromatic nitrogens is 3. The zero-order chi connectivity index (χ0) is 25.0. The van der Waals surface area contributed by atoms with Gasteiger partial charge in [-0.2, -0.15) is 0 Å². The van der Waals surface area contributed by atoms with Gasteiger partial charge in [-0.1, -0.05) is 40.2 Å². The first kappa shape index (κ1) is 24.7. The van der Waals surface area contributed by atoms with Crippen molar-refractivity contribution in [3.05, 3.63) is 88.3 Å². The molecule has 0 aliphatic rings. The van der Waals surface area contributed by atoms with Crippen LogP contribution in [0.2, 0.25) is 0 Å². The molecule has 1 amide bonds. The predicted molar refractivity (Wildman–Crippen MR) is 129 cm³/mol. The van der Waals surface area contributed by atoms with E-state index in [9.17, 15) is 18.0 Å². The number of pyridine rings is 1. The Morgan fingerprint density at radius 2 is 1.83 bits per heavy atom. The number of ether oxygens (including phenoxy) is 1. The molecular weight excluding hydrogens is 525 g/mol. The summed E-state index contributed by atoms with van der Waals surface area (Å²) in [5.74, 6) is 0.271. The van der Waals surface area contributed by atoms with Crippen LogP contribution in [0.5, 0.6) is 5.75 Å². The molecule has 0 radical (unpaired) electrons. The summed E-state index contributed by atoms with van der Waals surface area (Å²) in [7, 11) is 0. The van der Waals surface area contributed by atoms with Crippen LogP contribution in [0.3, 0.4) is 0 Å². The Hall–Kier alpha value is -3.40. The van der Waals surface area contributed by atoms with Crippen LogP contribution in [-0.4, -0.2) is 26.8 Å². The van der Waals surface area contributed by atoms with Crippen molar-refractivity contribution < 1.29 is 22.7 Å². The fourth-order valence-electron chi connectivity index (χ4n) is 3.72. The Bertz CT molecular complexity index is 1310. The third kappa shape index (κ3) is 6.60. The van der Waals surface area contributed by atoms with Crippen LogP contribution in [0, 0.1) is 0 Å². The molecule has 0 aliphatic carbocycles. The summed E-state index contributed by atoms with van der Waals surface area (Å²) in [5.41, 5.74) is 3.07. The fourth-order valence-corrected chi connectivity index (χ4v) is 3.98. The third-order valence-corrected chi connectivity index (χ3v) is 5.93. The van der Waals surface area contributed by atoms with Gasteiger partial charge < -0.3 is 14.6 Å². The van der Waals surface area contributed by atoms with Crippen LogP contribution in [0.1, 0.15) is 36.3 Å². The number of carbonyl (C=O) groups excluding carboxylic acids is 1. The number of aryl methyl sites for hydroxylation is 1. The van der Waals surface area contributed by atoms with Crippen LogP contribution in [0.15, 0.2) is 71.3 Å². The second-order valence-electron chi connectivity index (χ2n) is 7.99. The molecule has 182 valence electrons. The number of fused-ring (bicyclic) bond motifs is 1. The summed E-state index contributed by atoms with van der Waals surface area (Å²) in [6, 6.07) is 16.9. The lowest BCUT2D eigenvalue weighted by Gasteiger charge is -2.15. The van der Waals surface area contributed by atoms with Crippen molar-refractivity contribution in [2.45, 2.75) is 38.7 Å². The third-order valence-electron chi connectivity index (χ3n) is 5.40. The van der Waals surface area contributed by atoms with Crippen LogP contribution in [-0.2, 0) is 17.8 Å². The van der Waals surface area contributed by atoms with Crippen molar-refractivity contribution in [1.29, 1.82) is 0 Å². The number of nitrogens with zero attached hydrogens (tertiary/aromatic N) is 3. The summed E-state index contributed by atoms with van der Waals surface area (Å²) in [4.78, 5) is 21.7. The standard InChI is InChI=1S/C25H22BrF3N4O2/c1-16(18-6-8-19(26)9-7-18)31-23(34)13-12-22-32-21-3-2-14-30-24(21)33(22)15-17-4-10-20(11-5-17)35-25(27,28)29/h2-11,14,16H,12-13,15H2,1H3,(H,31,34)/t16-/m0/s1. The number of carbonyl (C=O) groups is 1. The van der Waals surface area contributed by atoms with Gasteiger partial charge in [0.05, 0.1) is 12.6 Å². The zero-order valence-corrected chi connectivity index (χ0v) is 20.3. The number of rotatable bonds is 8. The van der Waals surface area contributed by atoms with Gasteiger partial charge in [-0.05, 0) is 54.4 Å². The highest BCUT2D eigenvalue weighted by Gasteiger charge is 2.31. The van der Waals surface area contributed by atoms with Gasteiger partial charge >= 0.3 is 6.36 Å². The highest BCUT2D eigenvalue weighted by molar-refractivity contribution is 9.10. The van der Waals surface area contributed by atoms with E-state index in [0.717, 1.165) is 15.6 Å². The fraction of sp³-hybridized carbons (Fsp3) is 0.240. The van der Waals surface area contributed by atoms with E-state index in [-0.39, 0.29) is 24.1 Å². The van der Waals surface area contributed by atoms with Crippen molar-refractivity contribution >= 4 is 33.0 Å². The largest absolute Gasteiger partial charge is 0.573 e. The van der Waals surface area contributed by atoms with Crippen LogP contribution >= 0.6 is 15.9 Å². The monoisotopic (exact) mass is 546 g/mol. The molecule has 0 aliphatic heterocycles. The first-order valence-corrected chi connectivity index (χ1v) is 11.7. The second kappa shape index (κ2) is 10.5. The Labute approximate surface area is 208 Å². The quantitative estimate of drug-likeness (QED) is 0.296. The number of benzene rings is 2. The van der Waals surface area contributed by atoms with Gasteiger partial charge in [-0.3, -0.25) is 4.79 Å². The lowest BCUT2D eigenvalue weighted by molar-refractivity contribution is -0.274. The number of nitrogens with one attached hydrogen (secondary N) is 1. The number of amides is 1. The summed E-state index contributed by atoms with van der Waals surface area (Å²) in [6.45, 7) is 2.26. The van der Waals surface area contributed by atoms with Gasteiger partial charge in [-0.25, -0.2) is 9.97 Å². The van der Waals surface area contributed by atoms with E-state index in [1.54, 1.807) is 24.4 Å². The average Bonchev–Trinajstić information content (AvgIpc) is 3.16. The van der Waals surface area contributed by atoms with E-state index >= 15 is 0 Å². The Balaban J connectivity index is 1.46. The molecule has 35 heavy (non-hydrogen) atoms. The summed E-state index contributed by atoms with van der Waals surface area (Å²) < 4.78 is 44.1. The second-order valence-corrected chi connectivity index (χ2v) is 8.91. The molecule has 1 N–H and O–H groups in total. The van der Waals surface area contributed by atoms with Crippen molar-refractivity contribution in [3.8, 4) is 5.75 Å². The van der Waals surface area contributed by atoms with Crippen LogP contribution in [0.4, 0.5) is 13.2 Å². The molecule has 0 unspecified atom stereocenters. The molecule has 4 aromatic rings. The Morgan fingerprint density at radius 3 is 2.51 bits per heavy atom.